The molecule has 0 aliphatic carbocycles. The molecule has 1 atom stereocenters. The minimum atomic E-state index is -0.538. The van der Waals surface area contributed by atoms with Crippen LogP contribution in [0.4, 0.5) is 0 Å². The van der Waals surface area contributed by atoms with E-state index >= 15 is 0 Å². The van der Waals surface area contributed by atoms with Gasteiger partial charge in [-0.15, -0.1) is 0 Å². The Kier molecular flexibility index (Phi) is 6.01. The largest absolute Gasteiger partial charge is 0.336 e. The highest BCUT2D eigenvalue weighted by atomic mass is 16.2. The van der Waals surface area contributed by atoms with E-state index in [1.165, 1.54) is 4.57 Å². The van der Waals surface area contributed by atoms with E-state index in [4.69, 9.17) is 0 Å². The van der Waals surface area contributed by atoms with Gasteiger partial charge < -0.3 is 4.90 Å². The van der Waals surface area contributed by atoms with Gasteiger partial charge in [-0.2, -0.15) is 0 Å². The lowest BCUT2D eigenvalue weighted by Gasteiger charge is -2.35. The molecule has 7 heteroatoms. The second-order valence-electron chi connectivity index (χ2n) is 7.92. The van der Waals surface area contributed by atoms with E-state index < -0.39 is 11.2 Å². The number of amides is 1. The average molecular weight is 386 g/mol. The number of hydrogen-bond acceptors (Lipinski definition) is 4. The van der Waals surface area contributed by atoms with Crippen LogP contribution in [0.3, 0.4) is 0 Å². The van der Waals surface area contributed by atoms with Crippen molar-refractivity contribution < 1.29 is 4.79 Å². The maximum absolute atomic E-state index is 13.5. The van der Waals surface area contributed by atoms with Crippen molar-refractivity contribution in [3.63, 3.8) is 0 Å². The monoisotopic (exact) mass is 386 g/mol. The summed E-state index contributed by atoms with van der Waals surface area (Å²) in [5, 5.41) is 0.225. The predicted molar refractivity (Wildman–Crippen MR) is 110 cm³/mol. The highest BCUT2D eigenvalue weighted by molar-refractivity contribution is 6.05. The molecule has 0 bridgehead atoms. The highest BCUT2D eigenvalue weighted by Gasteiger charge is 2.29. The van der Waals surface area contributed by atoms with Crippen LogP contribution in [0.1, 0.15) is 81.8 Å². The van der Waals surface area contributed by atoms with Crippen molar-refractivity contribution in [3.8, 4) is 0 Å². The Labute approximate surface area is 164 Å². The van der Waals surface area contributed by atoms with Crippen molar-refractivity contribution in [2.24, 2.45) is 0 Å². The van der Waals surface area contributed by atoms with Gasteiger partial charge in [-0.25, -0.2) is 9.78 Å². The number of hydrogen-bond donors (Lipinski definition) is 1. The fraction of sp³-hybridized carbons (Fsp3) is 0.619. The van der Waals surface area contributed by atoms with Crippen molar-refractivity contribution in [2.75, 3.05) is 6.54 Å². The number of pyridine rings is 1. The lowest BCUT2D eigenvalue weighted by atomic mass is 9.97. The van der Waals surface area contributed by atoms with E-state index in [0.717, 1.165) is 37.8 Å². The van der Waals surface area contributed by atoms with Crippen LogP contribution in [0.5, 0.6) is 0 Å². The van der Waals surface area contributed by atoms with E-state index in [0.29, 0.717) is 24.3 Å². The first-order chi connectivity index (χ1) is 13.4. The second-order valence-corrected chi connectivity index (χ2v) is 7.92. The fourth-order valence-corrected chi connectivity index (χ4v) is 4.04. The fourth-order valence-electron chi connectivity index (χ4n) is 4.04. The number of aromatic nitrogens is 3. The van der Waals surface area contributed by atoms with Crippen molar-refractivity contribution in [1.29, 1.82) is 0 Å². The smallest absolute Gasteiger partial charge is 0.329 e. The van der Waals surface area contributed by atoms with Gasteiger partial charge in [-0.05, 0) is 44.1 Å². The van der Waals surface area contributed by atoms with Gasteiger partial charge in [0.05, 0.1) is 10.9 Å². The number of carbonyl (C=O) groups is 1. The molecule has 152 valence electrons. The molecule has 1 aliphatic heterocycles. The Balaban J connectivity index is 2.29. The number of carbonyl (C=O) groups excluding carboxylic acids is 1. The molecule has 3 heterocycles. The summed E-state index contributed by atoms with van der Waals surface area (Å²) in [5.41, 5.74) is 0.380. The first kappa shape index (κ1) is 20.3. The van der Waals surface area contributed by atoms with Gasteiger partial charge in [0.15, 0.2) is 5.65 Å². The third-order valence-electron chi connectivity index (χ3n) is 5.60. The van der Waals surface area contributed by atoms with Gasteiger partial charge >= 0.3 is 5.69 Å². The molecule has 28 heavy (non-hydrogen) atoms. The van der Waals surface area contributed by atoms with Crippen LogP contribution in [-0.4, -0.2) is 37.9 Å². The van der Waals surface area contributed by atoms with Crippen molar-refractivity contribution >= 4 is 16.9 Å². The number of aryl methyl sites for hydroxylation is 1. The molecule has 1 saturated heterocycles. The van der Waals surface area contributed by atoms with Gasteiger partial charge in [0.25, 0.3) is 11.5 Å². The first-order valence-electron chi connectivity index (χ1n) is 10.4. The number of likely N-dealkylation sites (tertiary alicyclic amines) is 1. The Bertz CT molecular complexity index is 990. The third-order valence-corrected chi connectivity index (χ3v) is 5.60. The number of fused-ring (bicyclic) bond motifs is 1. The first-order valence-corrected chi connectivity index (χ1v) is 10.4. The summed E-state index contributed by atoms with van der Waals surface area (Å²) in [4.78, 5) is 47.5. The van der Waals surface area contributed by atoms with E-state index in [-0.39, 0.29) is 23.3 Å². The van der Waals surface area contributed by atoms with Gasteiger partial charge in [0.1, 0.15) is 0 Å². The summed E-state index contributed by atoms with van der Waals surface area (Å²) < 4.78 is 1.48. The Morgan fingerprint density at radius 3 is 2.68 bits per heavy atom. The maximum atomic E-state index is 13.5. The Hall–Kier alpha value is -2.44. The number of nitrogens with zero attached hydrogens (tertiary/aromatic N) is 3. The highest BCUT2D eigenvalue weighted by Crippen LogP contribution is 2.26. The number of rotatable bonds is 5. The topological polar surface area (TPSA) is 88.1 Å². The van der Waals surface area contributed by atoms with Crippen molar-refractivity contribution in [1.82, 2.24) is 19.4 Å². The van der Waals surface area contributed by atoms with E-state index in [1.54, 1.807) is 6.07 Å². The normalized spacial score (nSPS) is 17.5. The Morgan fingerprint density at radius 1 is 1.29 bits per heavy atom. The molecule has 3 rings (SSSR count). The minimum Gasteiger partial charge on any atom is -0.336 e. The summed E-state index contributed by atoms with van der Waals surface area (Å²) in [6, 6.07) is 1.93. The minimum absolute atomic E-state index is 0.0729. The molecule has 1 fully saturated rings. The molecule has 0 radical (unpaired) electrons. The summed E-state index contributed by atoms with van der Waals surface area (Å²) in [5.74, 6) is -0.0585. The van der Waals surface area contributed by atoms with Crippen LogP contribution < -0.4 is 11.2 Å². The van der Waals surface area contributed by atoms with Gasteiger partial charge in [0, 0.05) is 24.8 Å². The predicted octanol–water partition coefficient (Wildman–Crippen LogP) is 3.02. The quantitative estimate of drug-likeness (QED) is 0.855. The van der Waals surface area contributed by atoms with E-state index in [2.05, 4.69) is 16.9 Å². The molecular weight excluding hydrogens is 356 g/mol. The molecule has 2 aromatic rings. The molecule has 1 N–H and O–H groups in total. The lowest BCUT2D eigenvalue weighted by molar-refractivity contribution is 0.0609. The lowest BCUT2D eigenvalue weighted by Crippen LogP contribution is -2.44. The van der Waals surface area contributed by atoms with Crippen LogP contribution in [0.25, 0.3) is 11.0 Å². The zero-order valence-electron chi connectivity index (χ0n) is 17.2. The van der Waals surface area contributed by atoms with Gasteiger partial charge in [-0.1, -0.05) is 27.7 Å². The zero-order chi connectivity index (χ0) is 20.4. The molecule has 2 aromatic heterocycles. The molecule has 7 nitrogen and oxygen atoms in total. The number of aromatic amines is 1. The molecule has 1 aliphatic rings. The summed E-state index contributed by atoms with van der Waals surface area (Å²) in [6.07, 6.45) is 4.69. The van der Waals surface area contributed by atoms with Crippen molar-refractivity contribution in [2.45, 2.75) is 78.3 Å². The van der Waals surface area contributed by atoms with Crippen LogP contribution in [-0.2, 0) is 6.54 Å². The van der Waals surface area contributed by atoms with Crippen molar-refractivity contribution in [3.05, 3.63) is 38.2 Å². The number of nitrogens with one attached hydrogen (secondary N) is 1. The average Bonchev–Trinajstić information content (AvgIpc) is 2.69. The van der Waals surface area contributed by atoms with Crippen LogP contribution >= 0.6 is 0 Å². The SMILES string of the molecule is CCCn1c(=O)[nH]c(=O)c2c(C(=O)N3CCCCC3CC)cc(C(C)C)nc21. The summed E-state index contributed by atoms with van der Waals surface area (Å²) in [7, 11) is 0. The maximum Gasteiger partial charge on any atom is 0.329 e. The number of piperidine rings is 1. The third kappa shape index (κ3) is 3.62. The number of H-pyrrole nitrogens is 1. The molecule has 0 saturated carbocycles. The molecule has 0 aromatic carbocycles. The summed E-state index contributed by atoms with van der Waals surface area (Å²) in [6.45, 7) is 9.18. The summed E-state index contributed by atoms with van der Waals surface area (Å²) >= 11 is 0. The van der Waals surface area contributed by atoms with E-state index in [1.807, 2.05) is 25.7 Å². The van der Waals surface area contributed by atoms with Crippen LogP contribution in [0.15, 0.2) is 15.7 Å². The standard InChI is InChI=1S/C21H30N4O3/c1-5-10-25-18-17(19(26)23-21(25)28)15(12-16(22-18)13(3)4)20(27)24-11-8-7-9-14(24)6-2/h12-14H,5-11H2,1-4H3,(H,23,26,28). The van der Waals surface area contributed by atoms with Crippen LogP contribution in [0, 0.1) is 0 Å². The Morgan fingerprint density at radius 2 is 2.04 bits per heavy atom. The molecular formula is C21H30N4O3. The molecule has 0 spiro atoms. The van der Waals surface area contributed by atoms with E-state index in [9.17, 15) is 14.4 Å². The second kappa shape index (κ2) is 8.29. The molecule has 1 unspecified atom stereocenters. The van der Waals surface area contributed by atoms with Gasteiger partial charge in [-0.3, -0.25) is 19.1 Å². The van der Waals surface area contributed by atoms with Gasteiger partial charge in [0.2, 0.25) is 0 Å². The zero-order valence-corrected chi connectivity index (χ0v) is 17.2. The van der Waals surface area contributed by atoms with Crippen LogP contribution in [0.2, 0.25) is 0 Å². The molecule has 1 amide bonds.